The smallest absolute Gasteiger partial charge is 0.253 e. The largest absolute Gasteiger partial charge is 0.493 e. The van der Waals surface area contributed by atoms with E-state index in [1.807, 2.05) is 65.6 Å². The van der Waals surface area contributed by atoms with Crippen molar-refractivity contribution in [1.29, 1.82) is 0 Å². The van der Waals surface area contributed by atoms with E-state index in [9.17, 15) is 4.79 Å². The molecule has 3 nitrogen and oxygen atoms in total. The van der Waals surface area contributed by atoms with Crippen molar-refractivity contribution >= 4 is 5.91 Å². The van der Waals surface area contributed by atoms with E-state index in [1.165, 1.54) is 0 Å². The zero-order valence-electron chi connectivity index (χ0n) is 12.7. The number of likely N-dealkylation sites (tertiary alicyclic amines) is 1. The molecule has 1 saturated heterocycles. The van der Waals surface area contributed by atoms with Gasteiger partial charge in [0.1, 0.15) is 5.75 Å². The van der Waals surface area contributed by atoms with Gasteiger partial charge in [-0.05, 0) is 37.1 Å². The molecule has 0 N–H and O–H groups in total. The first-order valence-electron chi connectivity index (χ1n) is 7.85. The molecule has 3 heteroatoms. The maximum atomic E-state index is 12.5. The van der Waals surface area contributed by atoms with Gasteiger partial charge in [-0.1, -0.05) is 36.4 Å². The Hall–Kier alpha value is -2.29. The van der Waals surface area contributed by atoms with Gasteiger partial charge in [0, 0.05) is 24.6 Å². The molecule has 1 amide bonds. The van der Waals surface area contributed by atoms with Crippen molar-refractivity contribution in [1.82, 2.24) is 4.90 Å². The molecule has 0 saturated carbocycles. The number of rotatable bonds is 4. The Morgan fingerprint density at radius 1 is 1.05 bits per heavy atom. The molecule has 1 heterocycles. The van der Waals surface area contributed by atoms with E-state index in [0.717, 1.165) is 37.2 Å². The second-order valence-corrected chi connectivity index (χ2v) is 5.75. The van der Waals surface area contributed by atoms with Gasteiger partial charge in [-0.2, -0.15) is 0 Å². The van der Waals surface area contributed by atoms with Crippen molar-refractivity contribution in [2.24, 2.45) is 5.92 Å². The molecule has 1 unspecified atom stereocenters. The average molecular weight is 295 g/mol. The Kier molecular flexibility index (Phi) is 4.74. The lowest BCUT2D eigenvalue weighted by Crippen LogP contribution is -2.41. The normalized spacial score (nSPS) is 18.0. The van der Waals surface area contributed by atoms with Crippen LogP contribution in [0.15, 0.2) is 60.7 Å². The maximum Gasteiger partial charge on any atom is 0.253 e. The van der Waals surface area contributed by atoms with Crippen LogP contribution < -0.4 is 4.74 Å². The first kappa shape index (κ1) is 14.6. The summed E-state index contributed by atoms with van der Waals surface area (Å²) in [7, 11) is 0. The number of carbonyl (C=O) groups excluding carboxylic acids is 1. The topological polar surface area (TPSA) is 29.5 Å². The molecule has 0 aromatic heterocycles. The summed E-state index contributed by atoms with van der Waals surface area (Å²) in [6.07, 6.45) is 2.16. The van der Waals surface area contributed by atoms with Crippen molar-refractivity contribution in [2.75, 3.05) is 19.7 Å². The zero-order valence-corrected chi connectivity index (χ0v) is 12.7. The van der Waals surface area contributed by atoms with E-state index in [2.05, 4.69) is 0 Å². The van der Waals surface area contributed by atoms with E-state index in [4.69, 9.17) is 4.74 Å². The standard InChI is InChI=1S/C19H21NO2/c21-19(17-9-3-1-4-10-17)20-13-7-8-16(14-20)15-22-18-11-5-2-6-12-18/h1-6,9-12,16H,7-8,13-15H2. The fourth-order valence-corrected chi connectivity index (χ4v) is 2.88. The molecule has 2 aromatic carbocycles. The van der Waals surface area contributed by atoms with E-state index in [0.29, 0.717) is 12.5 Å². The van der Waals surface area contributed by atoms with Crippen LogP contribution in [0.2, 0.25) is 0 Å². The first-order valence-corrected chi connectivity index (χ1v) is 7.85. The minimum atomic E-state index is 0.130. The number of hydrogen-bond donors (Lipinski definition) is 0. The predicted octanol–water partition coefficient (Wildman–Crippen LogP) is 3.62. The van der Waals surface area contributed by atoms with Crippen LogP contribution in [0.25, 0.3) is 0 Å². The molecule has 3 rings (SSSR count). The van der Waals surface area contributed by atoms with Crippen LogP contribution in [0.5, 0.6) is 5.75 Å². The number of para-hydroxylation sites is 1. The summed E-state index contributed by atoms with van der Waals surface area (Å²) in [6.45, 7) is 2.29. The number of nitrogens with zero attached hydrogens (tertiary/aromatic N) is 1. The van der Waals surface area contributed by atoms with Gasteiger partial charge >= 0.3 is 0 Å². The molecule has 0 aliphatic carbocycles. The highest BCUT2D eigenvalue weighted by Crippen LogP contribution is 2.20. The Labute approximate surface area is 131 Å². The van der Waals surface area contributed by atoms with Crippen LogP contribution in [-0.4, -0.2) is 30.5 Å². The molecular formula is C19H21NO2. The molecule has 0 radical (unpaired) electrons. The first-order chi connectivity index (χ1) is 10.8. The Bertz CT molecular complexity index is 597. The average Bonchev–Trinajstić information content (AvgIpc) is 2.61. The van der Waals surface area contributed by atoms with Gasteiger partial charge < -0.3 is 9.64 Å². The van der Waals surface area contributed by atoms with Crippen LogP contribution in [-0.2, 0) is 0 Å². The molecule has 22 heavy (non-hydrogen) atoms. The van der Waals surface area contributed by atoms with E-state index >= 15 is 0 Å². The molecule has 0 spiro atoms. The number of amides is 1. The third-order valence-electron chi connectivity index (χ3n) is 4.06. The van der Waals surface area contributed by atoms with Crippen LogP contribution in [0, 0.1) is 5.92 Å². The summed E-state index contributed by atoms with van der Waals surface area (Å²) < 4.78 is 5.84. The van der Waals surface area contributed by atoms with Crippen molar-refractivity contribution in [2.45, 2.75) is 12.8 Å². The SMILES string of the molecule is O=C(c1ccccc1)N1CCCC(COc2ccccc2)C1. The summed E-state index contributed by atoms with van der Waals surface area (Å²) in [5, 5.41) is 0. The predicted molar refractivity (Wildman–Crippen MR) is 87.0 cm³/mol. The Balaban J connectivity index is 1.56. The van der Waals surface area contributed by atoms with Gasteiger partial charge in [0.2, 0.25) is 0 Å². The zero-order chi connectivity index (χ0) is 15.2. The second-order valence-electron chi connectivity index (χ2n) is 5.75. The molecular weight excluding hydrogens is 274 g/mol. The number of hydrogen-bond acceptors (Lipinski definition) is 2. The van der Waals surface area contributed by atoms with Crippen molar-refractivity contribution in [3.05, 3.63) is 66.2 Å². The minimum Gasteiger partial charge on any atom is -0.493 e. The van der Waals surface area contributed by atoms with Gasteiger partial charge in [0.15, 0.2) is 0 Å². The molecule has 1 fully saturated rings. The van der Waals surface area contributed by atoms with Crippen LogP contribution in [0.3, 0.4) is 0 Å². The van der Waals surface area contributed by atoms with Crippen molar-refractivity contribution in [3.8, 4) is 5.75 Å². The lowest BCUT2D eigenvalue weighted by atomic mass is 9.98. The lowest BCUT2D eigenvalue weighted by Gasteiger charge is -2.32. The van der Waals surface area contributed by atoms with E-state index in [-0.39, 0.29) is 5.91 Å². The highest BCUT2D eigenvalue weighted by molar-refractivity contribution is 5.94. The Morgan fingerprint density at radius 3 is 2.45 bits per heavy atom. The summed E-state index contributed by atoms with van der Waals surface area (Å²) in [5.41, 5.74) is 0.770. The van der Waals surface area contributed by atoms with Gasteiger partial charge in [-0.25, -0.2) is 0 Å². The van der Waals surface area contributed by atoms with Crippen molar-refractivity contribution < 1.29 is 9.53 Å². The Morgan fingerprint density at radius 2 is 1.73 bits per heavy atom. The fraction of sp³-hybridized carbons (Fsp3) is 0.316. The third-order valence-corrected chi connectivity index (χ3v) is 4.06. The highest BCUT2D eigenvalue weighted by Gasteiger charge is 2.24. The molecule has 0 bridgehead atoms. The second kappa shape index (κ2) is 7.12. The number of piperidine rings is 1. The number of carbonyl (C=O) groups is 1. The monoisotopic (exact) mass is 295 g/mol. The highest BCUT2D eigenvalue weighted by atomic mass is 16.5. The van der Waals surface area contributed by atoms with Gasteiger partial charge in [0.25, 0.3) is 5.91 Å². The summed E-state index contributed by atoms with van der Waals surface area (Å²) in [6, 6.07) is 19.4. The molecule has 2 aromatic rings. The lowest BCUT2D eigenvalue weighted by molar-refractivity contribution is 0.0633. The maximum absolute atomic E-state index is 12.5. The van der Waals surface area contributed by atoms with Crippen molar-refractivity contribution in [3.63, 3.8) is 0 Å². The van der Waals surface area contributed by atoms with Crippen LogP contribution in [0.4, 0.5) is 0 Å². The van der Waals surface area contributed by atoms with Crippen LogP contribution >= 0.6 is 0 Å². The van der Waals surface area contributed by atoms with Gasteiger partial charge in [-0.15, -0.1) is 0 Å². The number of ether oxygens (including phenoxy) is 1. The van der Waals surface area contributed by atoms with E-state index < -0.39 is 0 Å². The molecule has 114 valence electrons. The minimum absolute atomic E-state index is 0.130. The number of benzene rings is 2. The van der Waals surface area contributed by atoms with E-state index in [1.54, 1.807) is 0 Å². The fourth-order valence-electron chi connectivity index (χ4n) is 2.88. The van der Waals surface area contributed by atoms with Crippen LogP contribution in [0.1, 0.15) is 23.2 Å². The summed E-state index contributed by atoms with van der Waals surface area (Å²) >= 11 is 0. The molecule has 1 aliphatic rings. The molecule has 1 atom stereocenters. The quantitative estimate of drug-likeness (QED) is 0.862. The van der Waals surface area contributed by atoms with Gasteiger partial charge in [0.05, 0.1) is 6.61 Å². The third kappa shape index (κ3) is 3.67. The molecule has 1 aliphatic heterocycles. The summed E-state index contributed by atoms with van der Waals surface area (Å²) in [5.74, 6) is 1.43. The van der Waals surface area contributed by atoms with Gasteiger partial charge in [-0.3, -0.25) is 4.79 Å². The summed E-state index contributed by atoms with van der Waals surface area (Å²) in [4.78, 5) is 14.5.